The van der Waals surface area contributed by atoms with Crippen molar-refractivity contribution in [3.05, 3.63) is 68.9 Å². The first-order chi connectivity index (χ1) is 9.72. The number of thiophene rings is 1. The van der Waals surface area contributed by atoms with E-state index in [1.54, 1.807) is 11.3 Å². The van der Waals surface area contributed by atoms with Crippen LogP contribution >= 0.6 is 22.9 Å². The van der Waals surface area contributed by atoms with Gasteiger partial charge in [-0.2, -0.15) is 0 Å². The Kier molecular flexibility index (Phi) is 3.79. The van der Waals surface area contributed by atoms with Crippen molar-refractivity contribution in [3.63, 3.8) is 0 Å². The van der Waals surface area contributed by atoms with Gasteiger partial charge in [-0.3, -0.25) is 0 Å². The van der Waals surface area contributed by atoms with Crippen LogP contribution in [0.1, 0.15) is 22.0 Å². The van der Waals surface area contributed by atoms with Crippen molar-refractivity contribution in [1.82, 2.24) is 5.32 Å². The van der Waals surface area contributed by atoms with Crippen molar-refractivity contribution in [1.29, 1.82) is 0 Å². The third kappa shape index (κ3) is 2.24. The molecule has 0 aliphatic rings. The molecule has 3 aromatic rings. The summed E-state index contributed by atoms with van der Waals surface area (Å²) in [6, 6.07) is 14.8. The Bertz CT molecular complexity index is 748. The molecule has 1 aromatic heterocycles. The minimum Gasteiger partial charge on any atom is -0.309 e. The smallest absolute Gasteiger partial charge is 0.0677 e. The molecular formula is C17H16ClNS. The summed E-state index contributed by atoms with van der Waals surface area (Å²) in [6.07, 6.45) is 0. The summed E-state index contributed by atoms with van der Waals surface area (Å²) in [5.74, 6) is 0. The first kappa shape index (κ1) is 13.6. The minimum absolute atomic E-state index is 0.206. The predicted molar refractivity (Wildman–Crippen MR) is 88.9 cm³/mol. The van der Waals surface area contributed by atoms with Crippen LogP contribution in [0.4, 0.5) is 0 Å². The molecule has 1 unspecified atom stereocenters. The molecule has 102 valence electrons. The molecule has 3 rings (SSSR count). The average molecular weight is 302 g/mol. The highest BCUT2D eigenvalue weighted by Crippen LogP contribution is 2.35. The van der Waals surface area contributed by atoms with Gasteiger partial charge in [0.15, 0.2) is 0 Å². The van der Waals surface area contributed by atoms with Crippen LogP contribution in [-0.4, -0.2) is 7.05 Å². The number of nitrogens with one attached hydrogen (secondary N) is 1. The summed E-state index contributed by atoms with van der Waals surface area (Å²) in [4.78, 5) is 1.36. The van der Waals surface area contributed by atoms with Gasteiger partial charge in [-0.15, -0.1) is 11.3 Å². The van der Waals surface area contributed by atoms with Gasteiger partial charge < -0.3 is 5.32 Å². The molecule has 1 atom stereocenters. The second-order valence-electron chi connectivity index (χ2n) is 4.87. The van der Waals surface area contributed by atoms with Gasteiger partial charge in [-0.25, -0.2) is 0 Å². The Morgan fingerprint density at radius 2 is 1.80 bits per heavy atom. The molecule has 1 N–H and O–H groups in total. The molecule has 3 heteroatoms. The van der Waals surface area contributed by atoms with Crippen molar-refractivity contribution < 1.29 is 0 Å². The summed E-state index contributed by atoms with van der Waals surface area (Å²) in [5, 5.41) is 8.72. The van der Waals surface area contributed by atoms with Crippen LogP contribution < -0.4 is 5.32 Å². The van der Waals surface area contributed by atoms with Crippen molar-refractivity contribution >= 4 is 33.7 Å². The molecule has 0 aliphatic heterocycles. The molecule has 0 bridgehead atoms. The number of hydrogen-bond acceptors (Lipinski definition) is 2. The highest BCUT2D eigenvalue weighted by molar-refractivity contribution is 7.10. The van der Waals surface area contributed by atoms with Crippen molar-refractivity contribution in [3.8, 4) is 0 Å². The lowest BCUT2D eigenvalue weighted by atomic mass is 9.96. The van der Waals surface area contributed by atoms with E-state index in [9.17, 15) is 0 Å². The third-order valence-corrected chi connectivity index (χ3v) is 5.08. The van der Waals surface area contributed by atoms with Crippen LogP contribution in [0, 0.1) is 6.92 Å². The molecule has 1 heterocycles. The summed E-state index contributed by atoms with van der Waals surface area (Å²) >= 11 is 8.11. The quantitative estimate of drug-likeness (QED) is 0.703. The lowest BCUT2D eigenvalue weighted by molar-refractivity contribution is 0.705. The standard InChI is InChI=1S/C17H16ClNS/c1-11-9-10-20-17(11)16(19-2)14-7-8-15(18)13-6-4-3-5-12(13)14/h3-10,16,19H,1-2H3. The van der Waals surface area contributed by atoms with Gasteiger partial charge in [-0.1, -0.05) is 41.9 Å². The molecule has 0 amide bonds. The molecule has 2 aromatic carbocycles. The van der Waals surface area contributed by atoms with Gasteiger partial charge in [0.1, 0.15) is 0 Å². The number of rotatable bonds is 3. The van der Waals surface area contributed by atoms with Crippen LogP contribution in [0.5, 0.6) is 0 Å². The van der Waals surface area contributed by atoms with Crippen molar-refractivity contribution in [2.45, 2.75) is 13.0 Å². The SMILES string of the molecule is CNC(c1sccc1C)c1ccc(Cl)c2ccccc12. The molecule has 0 spiro atoms. The summed E-state index contributed by atoms with van der Waals surface area (Å²) in [7, 11) is 2.01. The molecule has 0 saturated carbocycles. The van der Waals surface area contributed by atoms with E-state index in [0.29, 0.717) is 0 Å². The number of hydrogen-bond donors (Lipinski definition) is 1. The second-order valence-corrected chi connectivity index (χ2v) is 6.23. The van der Waals surface area contributed by atoms with Crippen LogP contribution in [0.3, 0.4) is 0 Å². The van der Waals surface area contributed by atoms with Crippen LogP contribution in [0.2, 0.25) is 5.02 Å². The number of aryl methyl sites for hydroxylation is 1. The fourth-order valence-corrected chi connectivity index (χ4v) is 3.93. The molecule has 1 nitrogen and oxygen atoms in total. The predicted octanol–water partition coefficient (Wildman–Crippen LogP) is 5.17. The Hall–Kier alpha value is -1.35. The zero-order valence-corrected chi connectivity index (χ0v) is 13.1. The van der Waals surface area contributed by atoms with Gasteiger partial charge >= 0.3 is 0 Å². The number of benzene rings is 2. The largest absolute Gasteiger partial charge is 0.309 e. The fraction of sp³-hybridized carbons (Fsp3) is 0.176. The zero-order valence-electron chi connectivity index (χ0n) is 11.5. The first-order valence-corrected chi connectivity index (χ1v) is 7.86. The summed E-state index contributed by atoms with van der Waals surface area (Å²) < 4.78 is 0. The molecule has 0 aliphatic carbocycles. The Balaban J connectivity index is 2.23. The summed E-state index contributed by atoms with van der Waals surface area (Å²) in [5.41, 5.74) is 2.60. The molecular weight excluding hydrogens is 286 g/mol. The van der Waals surface area contributed by atoms with E-state index in [1.807, 2.05) is 19.2 Å². The summed E-state index contributed by atoms with van der Waals surface area (Å²) in [6.45, 7) is 2.16. The van der Waals surface area contributed by atoms with E-state index in [-0.39, 0.29) is 6.04 Å². The van der Waals surface area contributed by atoms with E-state index in [1.165, 1.54) is 21.4 Å². The lowest BCUT2D eigenvalue weighted by Gasteiger charge is -2.19. The van der Waals surface area contributed by atoms with Crippen molar-refractivity contribution in [2.75, 3.05) is 7.05 Å². The third-order valence-electron chi connectivity index (χ3n) is 3.67. The first-order valence-electron chi connectivity index (χ1n) is 6.60. The average Bonchev–Trinajstić information content (AvgIpc) is 2.89. The monoisotopic (exact) mass is 301 g/mol. The van der Waals surface area contributed by atoms with Gasteiger partial charge in [0, 0.05) is 15.3 Å². The van der Waals surface area contributed by atoms with Gasteiger partial charge in [0.2, 0.25) is 0 Å². The van der Waals surface area contributed by atoms with E-state index in [2.05, 4.69) is 48.0 Å². The minimum atomic E-state index is 0.206. The highest BCUT2D eigenvalue weighted by atomic mass is 35.5. The topological polar surface area (TPSA) is 12.0 Å². The maximum absolute atomic E-state index is 6.32. The van der Waals surface area contributed by atoms with Crippen LogP contribution in [-0.2, 0) is 0 Å². The molecule has 20 heavy (non-hydrogen) atoms. The number of fused-ring (bicyclic) bond motifs is 1. The van der Waals surface area contributed by atoms with Crippen LogP contribution in [0.15, 0.2) is 47.8 Å². The number of halogens is 1. The highest BCUT2D eigenvalue weighted by Gasteiger charge is 2.18. The molecule has 0 fully saturated rings. The normalized spacial score (nSPS) is 12.8. The Morgan fingerprint density at radius 3 is 2.45 bits per heavy atom. The van der Waals surface area contributed by atoms with Crippen molar-refractivity contribution in [2.24, 2.45) is 0 Å². The van der Waals surface area contributed by atoms with Gasteiger partial charge in [0.05, 0.1) is 6.04 Å². The van der Waals surface area contributed by atoms with Gasteiger partial charge in [-0.05, 0) is 48.0 Å². The van der Waals surface area contributed by atoms with Gasteiger partial charge in [0.25, 0.3) is 0 Å². The Labute approximate surface area is 128 Å². The maximum Gasteiger partial charge on any atom is 0.0677 e. The van der Waals surface area contributed by atoms with E-state index >= 15 is 0 Å². The molecule has 0 radical (unpaired) electrons. The van der Waals surface area contributed by atoms with E-state index in [0.717, 1.165) is 10.4 Å². The zero-order chi connectivity index (χ0) is 14.1. The molecule has 0 saturated heterocycles. The van der Waals surface area contributed by atoms with Crippen LogP contribution in [0.25, 0.3) is 10.8 Å². The second kappa shape index (κ2) is 5.57. The maximum atomic E-state index is 6.32. The van der Waals surface area contributed by atoms with E-state index in [4.69, 9.17) is 11.6 Å². The lowest BCUT2D eigenvalue weighted by Crippen LogP contribution is -2.17. The fourth-order valence-electron chi connectivity index (χ4n) is 2.65. The van der Waals surface area contributed by atoms with E-state index < -0.39 is 0 Å². The Morgan fingerprint density at radius 1 is 1.05 bits per heavy atom.